The van der Waals surface area contributed by atoms with Crippen molar-refractivity contribution >= 4 is 38.5 Å². The number of H-pyrrole nitrogens is 1. The van der Waals surface area contributed by atoms with Gasteiger partial charge in [0.2, 0.25) is 10.0 Å². The van der Waals surface area contributed by atoms with Crippen LogP contribution in [0.5, 0.6) is 0 Å². The number of para-hydroxylation sites is 1. The summed E-state index contributed by atoms with van der Waals surface area (Å²) in [6.45, 7) is 1.71. The molecule has 140 valence electrons. The first-order valence-corrected chi connectivity index (χ1v) is 10.2. The monoisotopic (exact) mass is 404 g/mol. The van der Waals surface area contributed by atoms with Gasteiger partial charge in [-0.2, -0.15) is 4.31 Å². The number of rotatable bonds is 3. The first-order chi connectivity index (χ1) is 12.8. The molecule has 2 N–H and O–H groups in total. The van der Waals surface area contributed by atoms with Gasteiger partial charge < -0.3 is 10.1 Å². The summed E-state index contributed by atoms with van der Waals surface area (Å²) in [6, 6.07) is 11.5. The summed E-state index contributed by atoms with van der Waals surface area (Å²) in [5, 5.41) is 11.1. The van der Waals surface area contributed by atoms with Crippen molar-refractivity contribution in [2.75, 3.05) is 0 Å². The standard InChI is InChI=1S/C19H17ClN2O4S/c1-11-18-15(14-4-2-3-5-16(14)21-18)10-17(19(23)24)22(11)27(25,26)13-8-6-12(20)7-9-13/h2-9,11,17,21H,10H2,1H3,(H,23,24). The van der Waals surface area contributed by atoms with E-state index in [2.05, 4.69) is 4.98 Å². The molecular weight excluding hydrogens is 388 g/mol. The predicted octanol–water partition coefficient (Wildman–Crippen LogP) is 3.58. The molecule has 27 heavy (non-hydrogen) atoms. The number of aromatic nitrogens is 1. The number of sulfonamides is 1. The Bertz CT molecular complexity index is 1140. The number of hydrogen-bond donors (Lipinski definition) is 2. The lowest BCUT2D eigenvalue weighted by Crippen LogP contribution is -2.50. The van der Waals surface area contributed by atoms with Crippen molar-refractivity contribution in [3.05, 3.63) is 64.8 Å². The Morgan fingerprint density at radius 3 is 2.52 bits per heavy atom. The number of fused-ring (bicyclic) bond motifs is 3. The summed E-state index contributed by atoms with van der Waals surface area (Å²) in [4.78, 5) is 15.3. The third kappa shape index (κ3) is 2.82. The van der Waals surface area contributed by atoms with Gasteiger partial charge in [0.1, 0.15) is 6.04 Å². The smallest absolute Gasteiger partial charge is 0.322 e. The lowest BCUT2D eigenvalue weighted by molar-refractivity contribution is -0.142. The number of halogens is 1. The molecule has 8 heteroatoms. The van der Waals surface area contributed by atoms with E-state index >= 15 is 0 Å². The second kappa shape index (κ2) is 6.37. The molecule has 0 saturated carbocycles. The van der Waals surface area contributed by atoms with E-state index in [0.29, 0.717) is 5.02 Å². The first-order valence-electron chi connectivity index (χ1n) is 8.42. The van der Waals surface area contributed by atoms with Crippen LogP contribution in [0.15, 0.2) is 53.4 Å². The molecule has 0 saturated heterocycles. The largest absolute Gasteiger partial charge is 0.480 e. The average Bonchev–Trinajstić information content (AvgIpc) is 3.01. The van der Waals surface area contributed by atoms with Crippen molar-refractivity contribution in [1.82, 2.24) is 9.29 Å². The van der Waals surface area contributed by atoms with Crippen LogP contribution in [0.4, 0.5) is 0 Å². The fourth-order valence-electron chi connectivity index (χ4n) is 3.78. The highest BCUT2D eigenvalue weighted by Gasteiger charge is 2.45. The fourth-order valence-corrected chi connectivity index (χ4v) is 5.65. The fraction of sp³-hybridized carbons (Fsp3) is 0.211. The first kappa shape index (κ1) is 18.0. The van der Waals surface area contributed by atoms with Crippen LogP contribution < -0.4 is 0 Å². The van der Waals surface area contributed by atoms with Crippen LogP contribution in [-0.2, 0) is 21.2 Å². The van der Waals surface area contributed by atoms with E-state index in [1.54, 1.807) is 6.92 Å². The number of aliphatic carboxylic acids is 1. The molecule has 0 radical (unpaired) electrons. The molecular formula is C19H17ClN2O4S. The van der Waals surface area contributed by atoms with Gasteiger partial charge in [0, 0.05) is 28.0 Å². The number of carboxylic acids is 1. The lowest BCUT2D eigenvalue weighted by atomic mass is 9.94. The summed E-state index contributed by atoms with van der Waals surface area (Å²) < 4.78 is 27.6. The molecule has 1 aliphatic rings. The summed E-state index contributed by atoms with van der Waals surface area (Å²) in [5.41, 5.74) is 2.45. The Kier molecular flexibility index (Phi) is 4.25. The number of benzene rings is 2. The van der Waals surface area contributed by atoms with Crippen LogP contribution in [0.2, 0.25) is 5.02 Å². The van der Waals surface area contributed by atoms with Crippen LogP contribution in [0.3, 0.4) is 0 Å². The highest BCUT2D eigenvalue weighted by molar-refractivity contribution is 7.89. The molecule has 2 unspecified atom stereocenters. The van der Waals surface area contributed by atoms with Gasteiger partial charge in [0.25, 0.3) is 0 Å². The molecule has 2 atom stereocenters. The second-order valence-electron chi connectivity index (χ2n) is 6.59. The maximum Gasteiger partial charge on any atom is 0.322 e. The van der Waals surface area contributed by atoms with Gasteiger partial charge >= 0.3 is 5.97 Å². The quantitative estimate of drug-likeness (QED) is 0.698. The highest BCUT2D eigenvalue weighted by atomic mass is 35.5. The van der Waals surface area contributed by atoms with E-state index in [-0.39, 0.29) is 11.3 Å². The van der Waals surface area contributed by atoms with Gasteiger partial charge in [-0.05, 0) is 42.8 Å². The summed E-state index contributed by atoms with van der Waals surface area (Å²) in [5.74, 6) is -1.17. The normalized spacial score (nSPS) is 20.5. The predicted molar refractivity (Wildman–Crippen MR) is 102 cm³/mol. The minimum atomic E-state index is -4.03. The second-order valence-corrected chi connectivity index (χ2v) is 8.87. The van der Waals surface area contributed by atoms with Gasteiger partial charge in [-0.1, -0.05) is 29.8 Å². The number of carbonyl (C=O) groups is 1. The molecule has 4 rings (SSSR count). The zero-order chi connectivity index (χ0) is 19.3. The summed E-state index contributed by atoms with van der Waals surface area (Å²) in [6.07, 6.45) is 0.103. The molecule has 0 amide bonds. The number of nitrogens with zero attached hydrogens (tertiary/aromatic N) is 1. The third-order valence-electron chi connectivity index (χ3n) is 5.02. The summed E-state index contributed by atoms with van der Waals surface area (Å²) >= 11 is 5.86. The maximum atomic E-state index is 13.3. The number of aromatic amines is 1. The van der Waals surface area contributed by atoms with E-state index in [9.17, 15) is 18.3 Å². The summed E-state index contributed by atoms with van der Waals surface area (Å²) in [7, 11) is -4.03. The molecule has 0 spiro atoms. The zero-order valence-corrected chi connectivity index (χ0v) is 16.0. The van der Waals surface area contributed by atoms with Gasteiger partial charge in [-0.3, -0.25) is 4.79 Å². The minimum Gasteiger partial charge on any atom is -0.480 e. The molecule has 2 aromatic carbocycles. The SMILES string of the molecule is CC1c2[nH]c3ccccc3c2CC(C(=O)O)N1S(=O)(=O)c1ccc(Cl)cc1. The Morgan fingerprint density at radius 1 is 1.19 bits per heavy atom. The van der Waals surface area contributed by atoms with Crippen molar-refractivity contribution in [3.8, 4) is 0 Å². The van der Waals surface area contributed by atoms with Crippen LogP contribution in [0.25, 0.3) is 10.9 Å². The average molecular weight is 405 g/mol. The lowest BCUT2D eigenvalue weighted by Gasteiger charge is -2.37. The van der Waals surface area contributed by atoms with Gasteiger partial charge in [0.05, 0.1) is 10.9 Å². The molecule has 1 aliphatic heterocycles. The highest BCUT2D eigenvalue weighted by Crippen LogP contribution is 2.40. The minimum absolute atomic E-state index is 0.0181. The molecule has 3 aromatic rings. The van der Waals surface area contributed by atoms with Crippen LogP contribution in [-0.4, -0.2) is 34.8 Å². The van der Waals surface area contributed by atoms with Crippen LogP contribution in [0, 0.1) is 0 Å². The Labute approximate surface area is 161 Å². The van der Waals surface area contributed by atoms with Crippen molar-refractivity contribution < 1.29 is 18.3 Å². The van der Waals surface area contributed by atoms with Crippen molar-refractivity contribution in [2.24, 2.45) is 0 Å². The molecule has 0 fully saturated rings. The van der Waals surface area contributed by atoms with E-state index in [1.165, 1.54) is 24.3 Å². The van der Waals surface area contributed by atoms with E-state index in [0.717, 1.165) is 26.5 Å². The molecule has 1 aromatic heterocycles. The van der Waals surface area contributed by atoms with E-state index in [1.807, 2.05) is 24.3 Å². The van der Waals surface area contributed by atoms with Gasteiger partial charge in [-0.25, -0.2) is 8.42 Å². The molecule has 6 nitrogen and oxygen atoms in total. The third-order valence-corrected chi connectivity index (χ3v) is 7.27. The van der Waals surface area contributed by atoms with E-state index in [4.69, 9.17) is 11.6 Å². The molecule has 0 bridgehead atoms. The Morgan fingerprint density at radius 2 is 1.85 bits per heavy atom. The van der Waals surface area contributed by atoms with E-state index < -0.39 is 28.1 Å². The van der Waals surface area contributed by atoms with Crippen molar-refractivity contribution in [2.45, 2.75) is 30.3 Å². The maximum absolute atomic E-state index is 13.3. The Hall–Kier alpha value is -2.35. The topological polar surface area (TPSA) is 90.5 Å². The molecule has 2 heterocycles. The number of carboxylic acid groups (broad SMARTS) is 1. The van der Waals surface area contributed by atoms with Crippen molar-refractivity contribution in [3.63, 3.8) is 0 Å². The van der Waals surface area contributed by atoms with Crippen LogP contribution in [0.1, 0.15) is 24.2 Å². The van der Waals surface area contributed by atoms with Crippen molar-refractivity contribution in [1.29, 1.82) is 0 Å². The number of hydrogen-bond acceptors (Lipinski definition) is 3. The molecule has 0 aliphatic carbocycles. The number of nitrogens with one attached hydrogen (secondary N) is 1. The zero-order valence-electron chi connectivity index (χ0n) is 14.4. The van der Waals surface area contributed by atoms with Gasteiger partial charge in [-0.15, -0.1) is 0 Å². The van der Waals surface area contributed by atoms with Gasteiger partial charge in [0.15, 0.2) is 0 Å². The van der Waals surface area contributed by atoms with Crippen LogP contribution >= 0.6 is 11.6 Å². The Balaban J connectivity index is 1.88.